The Morgan fingerprint density at radius 2 is 1.90 bits per heavy atom. The number of nitrogens with zero attached hydrogens (tertiary/aromatic N) is 2. The number of hydrogen-bond donors (Lipinski definition) is 1. The number of ether oxygens (including phenoxy) is 1. The lowest BCUT2D eigenvalue weighted by molar-refractivity contribution is -0.113. The first-order valence-electron chi connectivity index (χ1n) is 9.23. The van der Waals surface area contributed by atoms with E-state index in [1.165, 1.54) is 7.11 Å². The Morgan fingerprint density at radius 1 is 1.17 bits per heavy atom. The molecule has 0 saturated carbocycles. The summed E-state index contributed by atoms with van der Waals surface area (Å²) in [7, 11) is -2.26. The average Bonchev–Trinajstić information content (AvgIpc) is 2.72. The van der Waals surface area contributed by atoms with Crippen molar-refractivity contribution in [2.24, 2.45) is 4.40 Å². The summed E-state index contributed by atoms with van der Waals surface area (Å²) >= 11 is 1.11. The number of unbranched alkanes of at least 4 members (excludes halogenated alkanes) is 1. The monoisotopic (exact) mass is 433 g/mol. The number of hydrogen-bond acceptors (Lipinski definition) is 6. The summed E-state index contributed by atoms with van der Waals surface area (Å²) in [6.45, 7) is 2.69. The van der Waals surface area contributed by atoms with E-state index in [9.17, 15) is 13.2 Å². The molecule has 0 spiro atoms. The van der Waals surface area contributed by atoms with Crippen molar-refractivity contribution in [3.05, 3.63) is 48.5 Å². The summed E-state index contributed by atoms with van der Waals surface area (Å²) in [5.74, 6) is 0.313. The number of sulfonamides is 1. The molecule has 1 N–H and O–H groups in total. The van der Waals surface area contributed by atoms with Crippen LogP contribution in [0.2, 0.25) is 0 Å². The second kappa shape index (κ2) is 9.32. The van der Waals surface area contributed by atoms with E-state index in [-0.39, 0.29) is 16.6 Å². The maximum Gasteiger partial charge on any atom is 0.286 e. The van der Waals surface area contributed by atoms with Crippen molar-refractivity contribution >= 4 is 44.2 Å². The molecule has 0 radical (unpaired) electrons. The van der Waals surface area contributed by atoms with Crippen LogP contribution in [0.1, 0.15) is 19.8 Å². The maximum absolute atomic E-state index is 12.6. The van der Waals surface area contributed by atoms with E-state index in [2.05, 4.69) is 16.6 Å². The molecule has 3 rings (SSSR count). The van der Waals surface area contributed by atoms with E-state index in [4.69, 9.17) is 4.74 Å². The number of carbonyl (C=O) groups is 1. The smallest absolute Gasteiger partial charge is 0.286 e. The van der Waals surface area contributed by atoms with Gasteiger partial charge in [0.25, 0.3) is 10.0 Å². The molecule has 9 heteroatoms. The summed E-state index contributed by atoms with van der Waals surface area (Å²) in [6, 6.07) is 13.9. The third kappa shape index (κ3) is 4.91. The van der Waals surface area contributed by atoms with Crippen LogP contribution in [0.4, 0.5) is 11.4 Å². The minimum atomic E-state index is -3.79. The Labute approximate surface area is 175 Å². The lowest BCUT2D eigenvalue weighted by Crippen LogP contribution is -2.35. The predicted molar refractivity (Wildman–Crippen MR) is 117 cm³/mol. The average molecular weight is 434 g/mol. The van der Waals surface area contributed by atoms with Gasteiger partial charge in [0.2, 0.25) is 5.91 Å². The van der Waals surface area contributed by atoms with Crippen LogP contribution in [0.25, 0.3) is 0 Å². The van der Waals surface area contributed by atoms with Gasteiger partial charge >= 0.3 is 0 Å². The highest BCUT2D eigenvalue weighted by Crippen LogP contribution is 2.34. The first-order chi connectivity index (χ1) is 14.0. The zero-order chi connectivity index (χ0) is 20.9. The highest BCUT2D eigenvalue weighted by Gasteiger charge is 2.30. The van der Waals surface area contributed by atoms with Gasteiger partial charge in [-0.2, -0.15) is 8.42 Å². The number of thioether (sulfide) groups is 1. The Balaban J connectivity index is 1.78. The third-order valence-corrected chi connectivity index (χ3v) is 6.72. The number of para-hydroxylation sites is 3. The topological polar surface area (TPSA) is 88.1 Å². The van der Waals surface area contributed by atoms with Gasteiger partial charge in [-0.1, -0.05) is 49.4 Å². The van der Waals surface area contributed by atoms with Gasteiger partial charge in [-0.05, 0) is 30.7 Å². The molecule has 0 bridgehead atoms. The predicted octanol–water partition coefficient (Wildman–Crippen LogP) is 3.73. The molecular formula is C20H23N3O4S2. The Hall–Kier alpha value is -2.52. The van der Waals surface area contributed by atoms with Crippen LogP contribution in [0, 0.1) is 0 Å². The second-order valence-electron chi connectivity index (χ2n) is 6.36. The first kappa shape index (κ1) is 21.2. The van der Waals surface area contributed by atoms with Crippen molar-refractivity contribution in [2.45, 2.75) is 24.7 Å². The number of anilines is 2. The molecule has 0 atom stereocenters. The molecule has 154 valence electrons. The van der Waals surface area contributed by atoms with Gasteiger partial charge in [0, 0.05) is 6.54 Å². The summed E-state index contributed by atoms with van der Waals surface area (Å²) < 4.78 is 34.4. The number of fused-ring (bicyclic) bond motifs is 1. The molecule has 0 unspecified atom stereocenters. The highest BCUT2D eigenvalue weighted by atomic mass is 32.2. The Kier molecular flexibility index (Phi) is 6.81. The van der Waals surface area contributed by atoms with Crippen LogP contribution < -0.4 is 15.0 Å². The minimum absolute atomic E-state index is 0.0250. The SMILES string of the molecule is CCCCN1C(SCC(=O)Nc2ccccc2OC)=NS(=O)(=O)c2ccccc21. The molecule has 0 aromatic heterocycles. The molecule has 7 nitrogen and oxygen atoms in total. The third-order valence-electron chi connectivity index (χ3n) is 4.31. The second-order valence-corrected chi connectivity index (χ2v) is 8.87. The van der Waals surface area contributed by atoms with E-state index in [0.29, 0.717) is 28.8 Å². The fraction of sp³-hybridized carbons (Fsp3) is 0.300. The van der Waals surface area contributed by atoms with Crippen LogP contribution >= 0.6 is 11.8 Å². The summed E-state index contributed by atoms with van der Waals surface area (Å²) in [5, 5.41) is 3.10. The highest BCUT2D eigenvalue weighted by molar-refractivity contribution is 8.15. The van der Waals surface area contributed by atoms with Crippen molar-refractivity contribution in [3.8, 4) is 5.75 Å². The van der Waals surface area contributed by atoms with E-state index in [1.54, 1.807) is 42.5 Å². The van der Waals surface area contributed by atoms with Crippen LogP contribution in [0.5, 0.6) is 5.75 Å². The van der Waals surface area contributed by atoms with Crippen molar-refractivity contribution < 1.29 is 17.9 Å². The Morgan fingerprint density at radius 3 is 2.66 bits per heavy atom. The molecule has 1 heterocycles. The van der Waals surface area contributed by atoms with Gasteiger partial charge in [-0.15, -0.1) is 4.40 Å². The van der Waals surface area contributed by atoms with Crippen molar-refractivity contribution in [2.75, 3.05) is 29.6 Å². The lowest BCUT2D eigenvalue weighted by Gasteiger charge is -2.30. The molecular weight excluding hydrogens is 410 g/mol. The van der Waals surface area contributed by atoms with Crippen molar-refractivity contribution in [1.82, 2.24) is 0 Å². The van der Waals surface area contributed by atoms with E-state index < -0.39 is 10.0 Å². The largest absolute Gasteiger partial charge is 0.495 e. The number of carbonyl (C=O) groups excluding carboxylic acids is 1. The molecule has 0 saturated heterocycles. The van der Waals surface area contributed by atoms with Crippen LogP contribution in [0.3, 0.4) is 0 Å². The van der Waals surface area contributed by atoms with Gasteiger partial charge in [0.05, 0.1) is 24.2 Å². The summed E-state index contributed by atoms with van der Waals surface area (Å²) in [5.41, 5.74) is 1.16. The molecule has 29 heavy (non-hydrogen) atoms. The molecule has 0 fully saturated rings. The standard InChI is InChI=1S/C20H23N3O4S2/c1-3-4-13-23-16-10-6-8-12-18(16)29(25,26)22-20(23)28-14-19(24)21-15-9-5-7-11-17(15)27-2/h5-12H,3-4,13-14H2,1-2H3,(H,21,24). The van der Waals surface area contributed by atoms with Crippen molar-refractivity contribution in [3.63, 3.8) is 0 Å². The number of amidine groups is 1. The summed E-state index contributed by atoms with van der Waals surface area (Å²) in [6.07, 6.45) is 1.83. The number of nitrogens with one attached hydrogen (secondary N) is 1. The number of methoxy groups -OCH3 is 1. The fourth-order valence-corrected chi connectivity index (χ4v) is 5.18. The van der Waals surface area contributed by atoms with Gasteiger partial charge in [0.1, 0.15) is 10.6 Å². The first-order valence-corrected chi connectivity index (χ1v) is 11.7. The maximum atomic E-state index is 12.6. The van der Waals surface area contributed by atoms with E-state index >= 15 is 0 Å². The minimum Gasteiger partial charge on any atom is -0.495 e. The van der Waals surface area contributed by atoms with Crippen LogP contribution in [-0.2, 0) is 14.8 Å². The Bertz CT molecular complexity index is 1020. The normalized spacial score (nSPS) is 14.7. The number of rotatable bonds is 7. The summed E-state index contributed by atoms with van der Waals surface area (Å²) in [4.78, 5) is 14.5. The zero-order valence-corrected chi connectivity index (χ0v) is 17.9. The van der Waals surface area contributed by atoms with Gasteiger partial charge in [-0.25, -0.2) is 0 Å². The molecule has 1 aliphatic heterocycles. The zero-order valence-electron chi connectivity index (χ0n) is 16.3. The molecule has 1 amide bonds. The van der Waals surface area contributed by atoms with Gasteiger partial charge in [-0.3, -0.25) is 4.79 Å². The van der Waals surface area contributed by atoms with Gasteiger partial charge in [0.15, 0.2) is 5.17 Å². The number of benzene rings is 2. The van der Waals surface area contributed by atoms with Gasteiger partial charge < -0.3 is 15.0 Å². The van der Waals surface area contributed by atoms with E-state index in [0.717, 1.165) is 24.6 Å². The molecule has 0 aliphatic carbocycles. The van der Waals surface area contributed by atoms with Crippen LogP contribution in [0.15, 0.2) is 57.8 Å². The number of amides is 1. The lowest BCUT2D eigenvalue weighted by atomic mass is 10.2. The molecule has 2 aromatic rings. The fourth-order valence-electron chi connectivity index (χ4n) is 2.90. The molecule has 2 aromatic carbocycles. The van der Waals surface area contributed by atoms with Crippen LogP contribution in [-0.4, -0.2) is 38.9 Å². The van der Waals surface area contributed by atoms with E-state index in [1.807, 2.05) is 11.0 Å². The van der Waals surface area contributed by atoms with Crippen molar-refractivity contribution in [1.29, 1.82) is 0 Å². The molecule has 1 aliphatic rings. The quantitative estimate of drug-likeness (QED) is 0.716.